The SMILES string of the molecule is CC(=O)NCCCOCCOCCOCCCN(N=[N+]=[N-])C(=O)OC(C)(C)C. The Kier molecular flexibility index (Phi) is 14.8. The Morgan fingerprint density at radius 2 is 1.54 bits per heavy atom. The van der Waals surface area contributed by atoms with Crippen LogP contribution in [0.4, 0.5) is 4.79 Å². The highest BCUT2D eigenvalue weighted by Gasteiger charge is 2.24. The third-order valence-electron chi connectivity index (χ3n) is 2.99. The van der Waals surface area contributed by atoms with E-state index in [4.69, 9.17) is 24.5 Å². The van der Waals surface area contributed by atoms with Crippen LogP contribution in [0.5, 0.6) is 0 Å². The second-order valence-electron chi connectivity index (χ2n) is 6.81. The van der Waals surface area contributed by atoms with Gasteiger partial charge >= 0.3 is 6.09 Å². The second-order valence-corrected chi connectivity index (χ2v) is 6.81. The van der Waals surface area contributed by atoms with Crippen molar-refractivity contribution in [3.05, 3.63) is 10.4 Å². The highest BCUT2D eigenvalue weighted by atomic mass is 16.6. The van der Waals surface area contributed by atoms with E-state index in [0.29, 0.717) is 52.6 Å². The molecule has 0 aliphatic carbocycles. The Bertz CT molecular complexity index is 491. The second kappa shape index (κ2) is 15.9. The molecule has 162 valence electrons. The van der Waals surface area contributed by atoms with Crippen molar-refractivity contribution in [3.8, 4) is 0 Å². The number of amides is 2. The van der Waals surface area contributed by atoms with E-state index in [9.17, 15) is 9.59 Å². The van der Waals surface area contributed by atoms with Crippen molar-refractivity contribution >= 4 is 12.0 Å². The van der Waals surface area contributed by atoms with Crippen LogP contribution in [0.2, 0.25) is 0 Å². The van der Waals surface area contributed by atoms with Crippen molar-refractivity contribution in [2.24, 2.45) is 5.22 Å². The third-order valence-corrected chi connectivity index (χ3v) is 2.99. The summed E-state index contributed by atoms with van der Waals surface area (Å²) >= 11 is 0. The van der Waals surface area contributed by atoms with Crippen molar-refractivity contribution in [1.82, 2.24) is 10.3 Å². The molecule has 0 unspecified atom stereocenters. The Balaban J connectivity index is 3.58. The molecular formula is C17H33N5O6. The Hall–Kier alpha value is -2.07. The normalized spacial score (nSPS) is 10.9. The van der Waals surface area contributed by atoms with Gasteiger partial charge in [0.05, 0.1) is 33.0 Å². The van der Waals surface area contributed by atoms with E-state index in [1.54, 1.807) is 20.8 Å². The van der Waals surface area contributed by atoms with Crippen molar-refractivity contribution in [1.29, 1.82) is 0 Å². The third kappa shape index (κ3) is 17.3. The first-order chi connectivity index (χ1) is 13.3. The number of azide groups is 1. The van der Waals surface area contributed by atoms with Crippen molar-refractivity contribution < 1.29 is 28.5 Å². The van der Waals surface area contributed by atoms with Gasteiger partial charge in [0.2, 0.25) is 5.91 Å². The zero-order valence-corrected chi connectivity index (χ0v) is 17.3. The lowest BCUT2D eigenvalue weighted by Crippen LogP contribution is -2.34. The van der Waals surface area contributed by atoms with Gasteiger partial charge < -0.3 is 24.3 Å². The van der Waals surface area contributed by atoms with Crippen LogP contribution >= 0.6 is 0 Å². The summed E-state index contributed by atoms with van der Waals surface area (Å²) in [6.07, 6.45) is 0.569. The molecule has 0 spiro atoms. The molecule has 0 saturated carbocycles. The van der Waals surface area contributed by atoms with E-state index in [0.717, 1.165) is 11.4 Å². The molecule has 0 rings (SSSR count). The quantitative estimate of drug-likeness (QED) is 0.147. The lowest BCUT2D eigenvalue weighted by atomic mass is 10.2. The molecular weight excluding hydrogens is 370 g/mol. The topological polar surface area (TPSA) is 135 Å². The highest BCUT2D eigenvalue weighted by Crippen LogP contribution is 2.10. The van der Waals surface area contributed by atoms with E-state index in [2.05, 4.69) is 15.5 Å². The molecule has 0 saturated heterocycles. The molecule has 28 heavy (non-hydrogen) atoms. The number of hydrogen-bond donors (Lipinski definition) is 1. The van der Waals surface area contributed by atoms with Crippen LogP contribution in [-0.2, 0) is 23.7 Å². The van der Waals surface area contributed by atoms with E-state index in [1.165, 1.54) is 6.92 Å². The smallest absolute Gasteiger partial charge is 0.425 e. The minimum atomic E-state index is -0.689. The number of nitrogens with zero attached hydrogens (tertiary/aromatic N) is 4. The molecule has 0 aromatic carbocycles. The average Bonchev–Trinajstić information content (AvgIpc) is 2.59. The fourth-order valence-electron chi connectivity index (χ4n) is 1.83. The molecule has 11 heteroatoms. The molecule has 0 aromatic rings. The average molecular weight is 403 g/mol. The highest BCUT2D eigenvalue weighted by molar-refractivity contribution is 5.72. The molecule has 0 aliphatic heterocycles. The zero-order valence-electron chi connectivity index (χ0n) is 17.3. The fraction of sp³-hybridized carbons (Fsp3) is 0.882. The molecule has 0 bridgehead atoms. The minimum Gasteiger partial charge on any atom is -0.425 e. The van der Waals surface area contributed by atoms with Crippen LogP contribution in [-0.4, -0.2) is 75.3 Å². The van der Waals surface area contributed by atoms with Crippen LogP contribution in [0.1, 0.15) is 40.5 Å². The summed E-state index contributed by atoms with van der Waals surface area (Å²) in [5, 5.41) is 6.97. The van der Waals surface area contributed by atoms with E-state index >= 15 is 0 Å². The standard InChI is InChI=1S/C17H33N5O6/c1-15(23)19-7-5-9-25-11-13-27-14-12-26-10-6-8-22(21-20-18)16(24)28-17(2,3)4/h5-14H2,1-4H3,(H,19,23). The van der Waals surface area contributed by atoms with Crippen molar-refractivity contribution in [2.45, 2.75) is 46.1 Å². The summed E-state index contributed by atoms with van der Waals surface area (Å²) in [4.78, 5) is 25.2. The van der Waals surface area contributed by atoms with Crippen molar-refractivity contribution in [2.75, 3.05) is 52.7 Å². The maximum atomic E-state index is 11.9. The predicted molar refractivity (Wildman–Crippen MR) is 102 cm³/mol. The van der Waals surface area contributed by atoms with E-state index in [1.807, 2.05) is 0 Å². The summed E-state index contributed by atoms with van der Waals surface area (Å²) in [6, 6.07) is 0. The van der Waals surface area contributed by atoms with E-state index < -0.39 is 11.7 Å². The zero-order chi connectivity index (χ0) is 21.3. The molecule has 0 fully saturated rings. The first-order valence-corrected chi connectivity index (χ1v) is 9.29. The number of ether oxygens (including phenoxy) is 4. The largest absolute Gasteiger partial charge is 0.510 e. The monoisotopic (exact) mass is 403 g/mol. The van der Waals surface area contributed by atoms with Crippen LogP contribution in [0.15, 0.2) is 5.22 Å². The van der Waals surface area contributed by atoms with Gasteiger partial charge in [-0.15, -0.1) is 10.5 Å². The Morgan fingerprint density at radius 1 is 1.00 bits per heavy atom. The number of hydrogen-bond acceptors (Lipinski definition) is 7. The molecule has 0 heterocycles. The first-order valence-electron chi connectivity index (χ1n) is 9.29. The van der Waals surface area contributed by atoms with Crippen LogP contribution < -0.4 is 5.32 Å². The number of nitrogens with one attached hydrogen (secondary N) is 1. The maximum absolute atomic E-state index is 11.9. The van der Waals surface area contributed by atoms with Gasteiger partial charge in [-0.05, 0) is 32.4 Å². The van der Waals surface area contributed by atoms with Gasteiger partial charge in [0.15, 0.2) is 0 Å². The number of rotatable bonds is 15. The molecule has 1 N–H and O–H groups in total. The van der Waals surface area contributed by atoms with Gasteiger partial charge in [-0.2, -0.15) is 9.71 Å². The van der Waals surface area contributed by atoms with Gasteiger partial charge in [-0.25, -0.2) is 0 Å². The van der Waals surface area contributed by atoms with Crippen LogP contribution in [0.25, 0.3) is 10.4 Å². The van der Waals surface area contributed by atoms with Gasteiger partial charge in [0, 0.05) is 26.5 Å². The van der Waals surface area contributed by atoms with E-state index in [-0.39, 0.29) is 12.5 Å². The van der Waals surface area contributed by atoms with Gasteiger partial charge in [0.1, 0.15) is 12.1 Å². The summed E-state index contributed by atoms with van der Waals surface area (Å²) in [6.45, 7) is 10.2. The minimum absolute atomic E-state index is 0.0429. The number of carbonyl (C=O) groups is 2. The summed E-state index contributed by atoms with van der Waals surface area (Å²) in [7, 11) is 0. The first kappa shape index (κ1) is 25.9. The lowest BCUT2D eigenvalue weighted by Gasteiger charge is -2.20. The Morgan fingerprint density at radius 3 is 2.04 bits per heavy atom. The molecule has 0 atom stereocenters. The Labute approximate surface area is 166 Å². The van der Waals surface area contributed by atoms with Gasteiger partial charge in [-0.1, -0.05) is 0 Å². The lowest BCUT2D eigenvalue weighted by molar-refractivity contribution is -0.119. The fourth-order valence-corrected chi connectivity index (χ4v) is 1.83. The van der Waals surface area contributed by atoms with Crippen LogP contribution in [0, 0.1) is 0 Å². The summed E-state index contributed by atoms with van der Waals surface area (Å²) < 4.78 is 21.3. The number of carbonyl (C=O) groups excluding carboxylic acids is 2. The molecule has 0 aliphatic rings. The maximum Gasteiger partial charge on any atom is 0.510 e. The van der Waals surface area contributed by atoms with Gasteiger partial charge in [-0.3, -0.25) is 4.79 Å². The molecule has 11 nitrogen and oxygen atoms in total. The molecule has 0 aromatic heterocycles. The summed E-state index contributed by atoms with van der Waals surface area (Å²) in [5.74, 6) is -0.0429. The van der Waals surface area contributed by atoms with Crippen molar-refractivity contribution in [3.63, 3.8) is 0 Å². The molecule has 2 amide bonds. The molecule has 0 radical (unpaired) electrons. The summed E-state index contributed by atoms with van der Waals surface area (Å²) in [5.41, 5.74) is 7.88. The predicted octanol–water partition coefficient (Wildman–Crippen LogP) is 2.41. The van der Waals surface area contributed by atoms with Crippen LogP contribution in [0.3, 0.4) is 0 Å². The van der Waals surface area contributed by atoms with Gasteiger partial charge in [0.25, 0.3) is 0 Å².